The van der Waals surface area contributed by atoms with Crippen LogP contribution < -0.4 is 10.7 Å². The normalized spacial score (nSPS) is 15.5. The number of alkyl halides is 3. The molecule has 0 bridgehead atoms. The zero-order valence-electron chi connectivity index (χ0n) is 18.6. The number of para-hydroxylation sites is 1. The van der Waals surface area contributed by atoms with E-state index in [0.29, 0.717) is 24.7 Å². The molecule has 0 unspecified atom stereocenters. The molecule has 0 spiro atoms. The summed E-state index contributed by atoms with van der Waals surface area (Å²) in [6, 6.07) is 14.0. The highest BCUT2D eigenvalue weighted by Crippen LogP contribution is 2.32. The molecule has 0 aliphatic carbocycles. The molecule has 1 aliphatic heterocycles. The smallest absolute Gasteiger partial charge is 0.382 e. The molecule has 0 radical (unpaired) electrons. The van der Waals surface area contributed by atoms with Crippen molar-refractivity contribution in [3.05, 3.63) is 72.1 Å². The van der Waals surface area contributed by atoms with Gasteiger partial charge < -0.3 is 5.32 Å². The second kappa shape index (κ2) is 10.1. The van der Waals surface area contributed by atoms with Crippen LogP contribution in [0.1, 0.15) is 24.0 Å². The maximum Gasteiger partial charge on any atom is 0.416 e. The van der Waals surface area contributed by atoms with Gasteiger partial charge in [0, 0.05) is 42.7 Å². The number of amides is 1. The van der Waals surface area contributed by atoms with E-state index in [1.807, 2.05) is 35.3 Å². The number of nitrogens with zero attached hydrogens (tertiary/aromatic N) is 4. The highest BCUT2D eigenvalue weighted by molar-refractivity contribution is 5.89. The molecule has 10 heteroatoms. The minimum absolute atomic E-state index is 0.146. The summed E-state index contributed by atoms with van der Waals surface area (Å²) in [6.07, 6.45) is 1.40. The van der Waals surface area contributed by atoms with Crippen LogP contribution >= 0.6 is 0 Å². The van der Waals surface area contributed by atoms with E-state index in [4.69, 9.17) is 0 Å². The third-order valence-corrected chi connectivity index (χ3v) is 5.46. The monoisotopic (exact) mass is 470 g/mol. The Morgan fingerprint density at radius 1 is 1.12 bits per heavy atom. The lowest BCUT2D eigenvalue weighted by atomic mass is 10.1. The van der Waals surface area contributed by atoms with Gasteiger partial charge in [-0.1, -0.05) is 18.2 Å². The van der Waals surface area contributed by atoms with Gasteiger partial charge in [0.1, 0.15) is 6.33 Å². The van der Waals surface area contributed by atoms with Crippen molar-refractivity contribution in [2.24, 2.45) is 0 Å². The summed E-state index contributed by atoms with van der Waals surface area (Å²) in [5.41, 5.74) is 3.88. The van der Waals surface area contributed by atoms with Gasteiger partial charge in [-0.15, -0.1) is 5.10 Å². The van der Waals surface area contributed by atoms with Gasteiger partial charge in [-0.25, -0.2) is 14.7 Å². The average molecular weight is 470 g/mol. The minimum atomic E-state index is -4.45. The summed E-state index contributed by atoms with van der Waals surface area (Å²) in [5.74, 6) is -0.173. The van der Waals surface area contributed by atoms with Crippen LogP contribution in [0.25, 0.3) is 17.6 Å². The average Bonchev–Trinajstić information content (AvgIpc) is 3.28. The van der Waals surface area contributed by atoms with Gasteiger partial charge in [0.25, 0.3) is 5.91 Å². The molecular formula is C24H25F3N6O. The number of carbonyl (C=O) groups is 1. The quantitative estimate of drug-likeness (QED) is 0.524. The molecule has 34 heavy (non-hydrogen) atoms. The summed E-state index contributed by atoms with van der Waals surface area (Å²) >= 11 is 0. The van der Waals surface area contributed by atoms with E-state index in [0.717, 1.165) is 30.7 Å². The second-order valence-electron chi connectivity index (χ2n) is 8.20. The molecule has 0 saturated carbocycles. The molecule has 1 saturated heterocycles. The Labute approximate surface area is 195 Å². The number of nitrogens with one attached hydrogen (secondary N) is 2. The standard InChI is InChI=1S/C24H25F3N6O/c1-17-13-18(15-19(14-17)24(25,26)27)23-28-16-33(31-23)12-9-22(34)30-32-10-7-21(8-11-32)29-20-5-3-2-4-6-20/h2-6,9,12-16,21,29H,7-8,10-11H2,1H3,(H,30,34)/b12-9-. The first-order valence-electron chi connectivity index (χ1n) is 10.9. The van der Waals surface area contributed by atoms with E-state index < -0.39 is 11.7 Å². The van der Waals surface area contributed by atoms with Gasteiger partial charge in [-0.05, 0) is 55.7 Å². The van der Waals surface area contributed by atoms with Gasteiger partial charge >= 0.3 is 6.18 Å². The number of piperidine rings is 1. The van der Waals surface area contributed by atoms with Crippen LogP contribution in [0.2, 0.25) is 0 Å². The van der Waals surface area contributed by atoms with E-state index in [2.05, 4.69) is 20.8 Å². The molecule has 7 nitrogen and oxygen atoms in total. The van der Waals surface area contributed by atoms with Crippen molar-refractivity contribution in [1.29, 1.82) is 0 Å². The largest absolute Gasteiger partial charge is 0.416 e. The molecule has 1 fully saturated rings. The first-order chi connectivity index (χ1) is 16.3. The van der Waals surface area contributed by atoms with E-state index in [-0.39, 0.29) is 17.3 Å². The van der Waals surface area contributed by atoms with E-state index in [1.54, 1.807) is 13.0 Å². The molecule has 2 heterocycles. The van der Waals surface area contributed by atoms with Crippen molar-refractivity contribution in [1.82, 2.24) is 25.2 Å². The van der Waals surface area contributed by atoms with Crippen LogP contribution in [0.4, 0.5) is 18.9 Å². The molecule has 178 valence electrons. The van der Waals surface area contributed by atoms with Gasteiger partial charge in [0.05, 0.1) is 5.56 Å². The van der Waals surface area contributed by atoms with Crippen LogP contribution in [-0.4, -0.2) is 44.8 Å². The number of aryl methyl sites for hydroxylation is 1. The van der Waals surface area contributed by atoms with Crippen molar-refractivity contribution < 1.29 is 18.0 Å². The van der Waals surface area contributed by atoms with Crippen LogP contribution in [0.5, 0.6) is 0 Å². The Kier molecular flexibility index (Phi) is 6.97. The summed E-state index contributed by atoms with van der Waals surface area (Å²) < 4.78 is 40.5. The predicted octanol–water partition coefficient (Wildman–Crippen LogP) is 4.35. The number of carbonyl (C=O) groups excluding carboxylic acids is 1. The lowest BCUT2D eigenvalue weighted by Crippen LogP contribution is -2.48. The van der Waals surface area contributed by atoms with Gasteiger partial charge in [0.15, 0.2) is 5.82 Å². The van der Waals surface area contributed by atoms with Crippen molar-refractivity contribution in [2.75, 3.05) is 18.4 Å². The molecule has 4 rings (SSSR count). The van der Waals surface area contributed by atoms with Crippen molar-refractivity contribution >= 4 is 17.8 Å². The maximum atomic E-state index is 13.1. The van der Waals surface area contributed by atoms with Crippen molar-refractivity contribution in [3.8, 4) is 11.4 Å². The summed E-state index contributed by atoms with van der Waals surface area (Å²) in [4.78, 5) is 16.4. The molecule has 1 amide bonds. The summed E-state index contributed by atoms with van der Waals surface area (Å²) in [5, 5.41) is 9.53. The molecular weight excluding hydrogens is 445 g/mol. The number of hydrazine groups is 1. The number of halogens is 3. The summed E-state index contributed by atoms with van der Waals surface area (Å²) in [7, 11) is 0. The molecule has 1 aliphatic rings. The number of anilines is 1. The highest BCUT2D eigenvalue weighted by Gasteiger charge is 2.31. The lowest BCUT2D eigenvalue weighted by molar-refractivity contribution is -0.137. The Morgan fingerprint density at radius 2 is 1.85 bits per heavy atom. The molecule has 1 aromatic heterocycles. The summed E-state index contributed by atoms with van der Waals surface area (Å²) in [6.45, 7) is 3.01. The SMILES string of the molecule is Cc1cc(-c2ncn(/C=C\C(=O)NN3CCC(Nc4ccccc4)CC3)n2)cc(C(F)(F)F)c1. The number of benzene rings is 2. The predicted molar refractivity (Wildman–Crippen MR) is 123 cm³/mol. The molecule has 0 atom stereocenters. The molecule has 2 aromatic carbocycles. The first-order valence-corrected chi connectivity index (χ1v) is 10.9. The van der Waals surface area contributed by atoms with Crippen LogP contribution in [0.15, 0.2) is 60.9 Å². The van der Waals surface area contributed by atoms with E-state index in [1.165, 1.54) is 23.3 Å². The van der Waals surface area contributed by atoms with Gasteiger partial charge in [-0.3, -0.25) is 10.2 Å². The van der Waals surface area contributed by atoms with Crippen LogP contribution in [-0.2, 0) is 11.0 Å². The Morgan fingerprint density at radius 3 is 2.56 bits per heavy atom. The lowest BCUT2D eigenvalue weighted by Gasteiger charge is -2.32. The van der Waals surface area contributed by atoms with Crippen molar-refractivity contribution in [3.63, 3.8) is 0 Å². The maximum absolute atomic E-state index is 13.1. The minimum Gasteiger partial charge on any atom is -0.382 e. The highest BCUT2D eigenvalue weighted by atomic mass is 19.4. The molecule has 3 aromatic rings. The number of hydrogen-bond donors (Lipinski definition) is 2. The van der Waals surface area contributed by atoms with Crippen LogP contribution in [0, 0.1) is 6.92 Å². The Hall–Kier alpha value is -3.66. The van der Waals surface area contributed by atoms with Gasteiger partial charge in [-0.2, -0.15) is 13.2 Å². The van der Waals surface area contributed by atoms with E-state index >= 15 is 0 Å². The second-order valence-corrected chi connectivity index (χ2v) is 8.20. The Bertz CT molecular complexity index is 1150. The third-order valence-electron chi connectivity index (χ3n) is 5.46. The van der Waals surface area contributed by atoms with Gasteiger partial charge in [0.2, 0.25) is 0 Å². The van der Waals surface area contributed by atoms with Crippen LogP contribution in [0.3, 0.4) is 0 Å². The third kappa shape index (κ3) is 6.22. The topological polar surface area (TPSA) is 75.1 Å². The fourth-order valence-corrected chi connectivity index (χ4v) is 3.80. The fraction of sp³-hybridized carbons (Fsp3) is 0.292. The molecule has 2 N–H and O–H groups in total. The van der Waals surface area contributed by atoms with E-state index in [9.17, 15) is 18.0 Å². The number of rotatable bonds is 6. The Balaban J connectivity index is 1.30. The first kappa shape index (κ1) is 23.5. The number of hydrogen-bond acceptors (Lipinski definition) is 5. The number of aromatic nitrogens is 3. The zero-order chi connectivity index (χ0) is 24.1. The zero-order valence-corrected chi connectivity index (χ0v) is 18.6. The van der Waals surface area contributed by atoms with Crippen molar-refractivity contribution in [2.45, 2.75) is 32.0 Å². The fourth-order valence-electron chi connectivity index (χ4n) is 3.80.